The maximum Gasteiger partial charge on any atom is 0.227 e. The van der Waals surface area contributed by atoms with Gasteiger partial charge in [0.25, 0.3) is 0 Å². The number of aromatic amines is 1. The molecule has 0 aliphatic carbocycles. The molecule has 1 aliphatic heterocycles. The molecular weight excluding hydrogens is 318 g/mol. The molecule has 4 rings (SSSR count). The Labute approximate surface area is 145 Å². The molecule has 0 bridgehead atoms. The molecule has 0 spiro atoms. The number of rotatable bonds is 4. The second kappa shape index (κ2) is 6.50. The zero-order valence-corrected chi connectivity index (χ0v) is 14.4. The van der Waals surface area contributed by atoms with E-state index in [9.17, 15) is 0 Å². The van der Waals surface area contributed by atoms with Gasteiger partial charge in [-0.15, -0.1) is 0 Å². The highest BCUT2D eigenvalue weighted by atomic mass is 15.3. The highest BCUT2D eigenvalue weighted by molar-refractivity contribution is 5.82. The van der Waals surface area contributed by atoms with Crippen molar-refractivity contribution in [3.8, 4) is 0 Å². The lowest BCUT2D eigenvalue weighted by Crippen LogP contribution is -2.47. The maximum absolute atomic E-state index is 4.63. The fraction of sp³-hybridized carbons (Fsp3) is 0.438. The Balaban J connectivity index is 1.51. The number of nitrogens with zero attached hydrogens (tertiary/aromatic N) is 7. The largest absolute Gasteiger partial charge is 0.370 e. The van der Waals surface area contributed by atoms with Gasteiger partial charge in [-0.1, -0.05) is 0 Å². The summed E-state index contributed by atoms with van der Waals surface area (Å²) >= 11 is 0. The molecule has 9 heteroatoms. The Morgan fingerprint density at radius 2 is 1.88 bits per heavy atom. The van der Waals surface area contributed by atoms with Gasteiger partial charge in [-0.05, 0) is 13.8 Å². The van der Waals surface area contributed by atoms with Gasteiger partial charge in [0, 0.05) is 44.5 Å². The summed E-state index contributed by atoms with van der Waals surface area (Å²) in [4.78, 5) is 29.6. The van der Waals surface area contributed by atoms with Crippen LogP contribution in [0, 0.1) is 6.92 Å². The first-order chi connectivity index (χ1) is 12.2. The molecule has 1 fully saturated rings. The number of hydrogen-bond donors (Lipinski definition) is 2. The number of fused-ring (bicyclic) bond motifs is 1. The predicted octanol–water partition coefficient (Wildman–Crippen LogP) is 1.21. The third-order valence-electron chi connectivity index (χ3n) is 4.27. The maximum atomic E-state index is 4.63. The summed E-state index contributed by atoms with van der Waals surface area (Å²) in [5, 5.41) is 3.26. The summed E-state index contributed by atoms with van der Waals surface area (Å²) in [7, 11) is 0. The molecule has 2 N–H and O–H groups in total. The molecule has 0 saturated carbocycles. The lowest BCUT2D eigenvalue weighted by molar-refractivity contribution is 0.635. The van der Waals surface area contributed by atoms with Crippen LogP contribution >= 0.6 is 0 Å². The van der Waals surface area contributed by atoms with Crippen LogP contribution in [0.25, 0.3) is 11.2 Å². The van der Waals surface area contributed by atoms with E-state index in [2.05, 4.69) is 51.9 Å². The van der Waals surface area contributed by atoms with Crippen molar-refractivity contribution < 1.29 is 0 Å². The monoisotopic (exact) mass is 339 g/mol. The molecule has 0 radical (unpaired) electrons. The van der Waals surface area contributed by atoms with Gasteiger partial charge in [-0.3, -0.25) is 0 Å². The Bertz CT molecular complexity index is 867. The van der Waals surface area contributed by atoms with Crippen molar-refractivity contribution in [2.24, 2.45) is 0 Å². The molecule has 9 nitrogen and oxygen atoms in total. The summed E-state index contributed by atoms with van der Waals surface area (Å²) in [6.45, 7) is 8.28. The fourth-order valence-electron chi connectivity index (χ4n) is 3.08. The van der Waals surface area contributed by atoms with Crippen LogP contribution < -0.4 is 15.1 Å². The van der Waals surface area contributed by atoms with E-state index in [-0.39, 0.29) is 0 Å². The SMILES string of the molecule is CCNc1cc(C)nc(N2CCN(c3ncnc4nc[nH]c34)CC2)n1. The standard InChI is InChI=1S/C16H21N9/c1-3-17-12-8-11(2)22-16(23-12)25-6-4-24(5-7-25)15-13-14(19-9-18-13)20-10-21-15/h8-10H,3-7H2,1-2H3,(H,17,22,23)(H,18,19,20,21). The Morgan fingerprint density at radius 3 is 2.68 bits per heavy atom. The van der Waals surface area contributed by atoms with E-state index < -0.39 is 0 Å². The molecule has 1 saturated heterocycles. The summed E-state index contributed by atoms with van der Waals surface area (Å²) in [5.41, 5.74) is 2.56. The van der Waals surface area contributed by atoms with Crippen LogP contribution in [0.3, 0.4) is 0 Å². The van der Waals surface area contributed by atoms with Crippen molar-refractivity contribution in [2.45, 2.75) is 13.8 Å². The summed E-state index contributed by atoms with van der Waals surface area (Å²) < 4.78 is 0. The summed E-state index contributed by atoms with van der Waals surface area (Å²) in [6, 6.07) is 1.97. The van der Waals surface area contributed by atoms with Gasteiger partial charge < -0.3 is 20.1 Å². The minimum absolute atomic E-state index is 0.699. The van der Waals surface area contributed by atoms with E-state index in [1.807, 2.05) is 13.0 Å². The van der Waals surface area contributed by atoms with Crippen molar-refractivity contribution in [2.75, 3.05) is 47.8 Å². The van der Waals surface area contributed by atoms with Crippen LogP contribution in [-0.2, 0) is 0 Å². The molecule has 25 heavy (non-hydrogen) atoms. The quantitative estimate of drug-likeness (QED) is 0.732. The van der Waals surface area contributed by atoms with Crippen molar-refractivity contribution >= 4 is 28.7 Å². The number of piperazine rings is 1. The van der Waals surface area contributed by atoms with Gasteiger partial charge in [-0.25, -0.2) is 19.9 Å². The lowest BCUT2D eigenvalue weighted by atomic mass is 10.3. The molecule has 4 heterocycles. The van der Waals surface area contributed by atoms with E-state index >= 15 is 0 Å². The molecule has 0 atom stereocenters. The van der Waals surface area contributed by atoms with E-state index in [0.29, 0.717) is 5.65 Å². The second-order valence-corrected chi connectivity index (χ2v) is 6.00. The Hall–Kier alpha value is -2.97. The number of imidazole rings is 1. The van der Waals surface area contributed by atoms with Crippen LogP contribution in [0.1, 0.15) is 12.6 Å². The van der Waals surface area contributed by atoms with E-state index in [0.717, 1.165) is 61.5 Å². The van der Waals surface area contributed by atoms with Gasteiger partial charge in [0.2, 0.25) is 5.95 Å². The minimum atomic E-state index is 0.699. The third kappa shape index (κ3) is 3.04. The van der Waals surface area contributed by atoms with Crippen LogP contribution in [0.2, 0.25) is 0 Å². The van der Waals surface area contributed by atoms with E-state index in [4.69, 9.17) is 0 Å². The van der Waals surface area contributed by atoms with Crippen LogP contribution in [0.5, 0.6) is 0 Å². The van der Waals surface area contributed by atoms with Gasteiger partial charge in [0.1, 0.15) is 17.7 Å². The van der Waals surface area contributed by atoms with Crippen LogP contribution in [-0.4, -0.2) is 62.6 Å². The zero-order valence-electron chi connectivity index (χ0n) is 14.4. The van der Waals surface area contributed by atoms with Gasteiger partial charge in [0.15, 0.2) is 11.5 Å². The molecule has 0 amide bonds. The molecule has 3 aromatic heterocycles. The third-order valence-corrected chi connectivity index (χ3v) is 4.27. The number of aryl methyl sites for hydroxylation is 1. The zero-order chi connectivity index (χ0) is 17.2. The highest BCUT2D eigenvalue weighted by Crippen LogP contribution is 2.22. The number of nitrogens with one attached hydrogen (secondary N) is 2. The van der Waals surface area contributed by atoms with Crippen LogP contribution in [0.15, 0.2) is 18.7 Å². The normalized spacial score (nSPS) is 15.0. The van der Waals surface area contributed by atoms with Crippen molar-refractivity contribution in [3.63, 3.8) is 0 Å². The van der Waals surface area contributed by atoms with Crippen molar-refractivity contribution in [1.29, 1.82) is 0 Å². The van der Waals surface area contributed by atoms with Gasteiger partial charge in [0.05, 0.1) is 6.33 Å². The Kier molecular flexibility index (Phi) is 4.04. The highest BCUT2D eigenvalue weighted by Gasteiger charge is 2.22. The number of anilines is 3. The minimum Gasteiger partial charge on any atom is -0.370 e. The predicted molar refractivity (Wildman–Crippen MR) is 97.0 cm³/mol. The smallest absolute Gasteiger partial charge is 0.227 e. The van der Waals surface area contributed by atoms with Crippen molar-refractivity contribution in [3.05, 3.63) is 24.4 Å². The lowest BCUT2D eigenvalue weighted by Gasteiger charge is -2.35. The average molecular weight is 339 g/mol. The molecular formula is C16H21N9. The second-order valence-electron chi connectivity index (χ2n) is 6.00. The van der Waals surface area contributed by atoms with Crippen molar-refractivity contribution in [1.82, 2.24) is 29.9 Å². The first kappa shape index (κ1) is 15.6. The first-order valence-corrected chi connectivity index (χ1v) is 8.48. The molecule has 1 aliphatic rings. The molecule has 130 valence electrons. The topological polar surface area (TPSA) is 98.8 Å². The average Bonchev–Trinajstić information content (AvgIpc) is 3.10. The van der Waals surface area contributed by atoms with E-state index in [1.54, 1.807) is 12.7 Å². The van der Waals surface area contributed by atoms with Gasteiger partial charge in [-0.2, -0.15) is 4.98 Å². The van der Waals surface area contributed by atoms with E-state index in [1.165, 1.54) is 0 Å². The van der Waals surface area contributed by atoms with Gasteiger partial charge >= 0.3 is 0 Å². The first-order valence-electron chi connectivity index (χ1n) is 8.48. The Morgan fingerprint density at radius 1 is 1.08 bits per heavy atom. The molecule has 3 aromatic rings. The fourth-order valence-corrected chi connectivity index (χ4v) is 3.08. The molecule has 0 unspecified atom stereocenters. The number of hydrogen-bond acceptors (Lipinski definition) is 8. The summed E-state index contributed by atoms with van der Waals surface area (Å²) in [5.74, 6) is 2.56. The van der Waals surface area contributed by atoms with Crippen LogP contribution in [0.4, 0.5) is 17.6 Å². The number of aromatic nitrogens is 6. The number of H-pyrrole nitrogens is 1. The molecule has 0 aromatic carbocycles. The summed E-state index contributed by atoms with van der Waals surface area (Å²) in [6.07, 6.45) is 3.22.